The summed E-state index contributed by atoms with van der Waals surface area (Å²) in [6, 6.07) is 0. The minimum absolute atomic E-state index is 0.514. The van der Waals surface area contributed by atoms with Gasteiger partial charge >= 0.3 is 0 Å². The lowest BCUT2D eigenvalue weighted by atomic mass is 10.1. The smallest absolute Gasteiger partial charge is 0.121 e. The molecule has 0 spiro atoms. The molecule has 1 heteroatoms. The molecule has 0 aliphatic heterocycles. The summed E-state index contributed by atoms with van der Waals surface area (Å²) >= 11 is 0. The molecule has 0 aromatic rings. The largest absolute Gasteiger partial charge is 0.243 e. The van der Waals surface area contributed by atoms with Crippen molar-refractivity contribution in [1.82, 2.24) is 0 Å². The summed E-state index contributed by atoms with van der Waals surface area (Å²) in [4.78, 5) is 0. The Balaban J connectivity index is 0.000000461. The number of allylic oxidation sites excluding steroid dienone is 2. The van der Waals surface area contributed by atoms with E-state index in [1.165, 1.54) is 0 Å². The van der Waals surface area contributed by atoms with E-state index in [2.05, 4.69) is 13.0 Å². The molecule has 1 aliphatic carbocycles. The zero-order chi connectivity index (χ0) is 8.85. The van der Waals surface area contributed by atoms with Crippen LogP contribution in [-0.2, 0) is 0 Å². The molecule has 0 unspecified atom stereocenters. The zero-order valence-corrected chi connectivity index (χ0v) is 8.02. The molecule has 0 N–H and O–H groups in total. The molecule has 0 radical (unpaired) electrons. The summed E-state index contributed by atoms with van der Waals surface area (Å²) in [5.41, 5.74) is 0.932. The van der Waals surface area contributed by atoms with Crippen molar-refractivity contribution < 1.29 is 4.39 Å². The third-order valence-corrected chi connectivity index (χ3v) is 2.03. The highest BCUT2D eigenvalue weighted by molar-refractivity contribution is 5.13. The summed E-state index contributed by atoms with van der Waals surface area (Å²) in [7, 11) is 0. The van der Waals surface area contributed by atoms with Gasteiger partial charge in [-0.25, -0.2) is 4.39 Å². The monoisotopic (exact) mass is 158 g/mol. The fourth-order valence-electron chi connectivity index (χ4n) is 1.28. The SMILES string of the molecule is CC.CC[C@@H]1C=C(C)[C@@H](F)C1. The summed E-state index contributed by atoms with van der Waals surface area (Å²) in [6.07, 6.45) is 3.22. The van der Waals surface area contributed by atoms with Crippen LogP contribution in [0.25, 0.3) is 0 Å². The highest BCUT2D eigenvalue weighted by atomic mass is 19.1. The van der Waals surface area contributed by atoms with Gasteiger partial charge in [-0.3, -0.25) is 0 Å². The first-order chi connectivity index (χ1) is 5.24. The van der Waals surface area contributed by atoms with Crippen LogP contribution < -0.4 is 0 Å². The van der Waals surface area contributed by atoms with Gasteiger partial charge in [0.15, 0.2) is 0 Å². The first-order valence-corrected chi connectivity index (χ1v) is 4.56. The predicted molar refractivity (Wildman–Crippen MR) is 48.4 cm³/mol. The number of alkyl halides is 1. The zero-order valence-electron chi connectivity index (χ0n) is 8.02. The Morgan fingerprint density at radius 1 is 1.55 bits per heavy atom. The Morgan fingerprint density at radius 2 is 2.09 bits per heavy atom. The molecule has 0 fully saturated rings. The third-order valence-electron chi connectivity index (χ3n) is 2.03. The number of hydrogen-bond donors (Lipinski definition) is 0. The van der Waals surface area contributed by atoms with Gasteiger partial charge in [0.25, 0.3) is 0 Å². The summed E-state index contributed by atoms with van der Waals surface area (Å²) in [6.45, 7) is 7.98. The van der Waals surface area contributed by atoms with Gasteiger partial charge in [0.2, 0.25) is 0 Å². The molecule has 0 heterocycles. The van der Waals surface area contributed by atoms with Gasteiger partial charge in [-0.2, -0.15) is 0 Å². The van der Waals surface area contributed by atoms with Crippen LogP contribution in [0.5, 0.6) is 0 Å². The average molecular weight is 158 g/mol. The van der Waals surface area contributed by atoms with Crippen LogP contribution in [0.2, 0.25) is 0 Å². The van der Waals surface area contributed by atoms with E-state index in [1.807, 2.05) is 20.8 Å². The highest BCUT2D eigenvalue weighted by Crippen LogP contribution is 2.28. The predicted octanol–water partition coefficient (Wildman–Crippen LogP) is 3.73. The second-order valence-electron chi connectivity index (χ2n) is 2.78. The Labute approximate surface area is 69.5 Å². The van der Waals surface area contributed by atoms with E-state index in [4.69, 9.17) is 0 Å². The first-order valence-electron chi connectivity index (χ1n) is 4.56. The molecule has 1 aliphatic rings. The standard InChI is InChI=1S/C8H13F.C2H6/c1-3-7-4-6(2)8(9)5-7;1-2/h4,7-8H,3,5H2,1-2H3;1-2H3/t7-,8+;/m1./s1. The average Bonchev–Trinajstić information content (AvgIpc) is 2.36. The van der Waals surface area contributed by atoms with Crippen molar-refractivity contribution in [2.75, 3.05) is 0 Å². The van der Waals surface area contributed by atoms with Gasteiger partial charge in [-0.15, -0.1) is 0 Å². The molecular formula is C10H19F. The van der Waals surface area contributed by atoms with E-state index in [0.29, 0.717) is 5.92 Å². The molecule has 0 aromatic carbocycles. The molecule has 0 bridgehead atoms. The summed E-state index contributed by atoms with van der Waals surface area (Å²) < 4.78 is 12.7. The van der Waals surface area contributed by atoms with Crippen molar-refractivity contribution in [3.63, 3.8) is 0 Å². The van der Waals surface area contributed by atoms with E-state index in [9.17, 15) is 4.39 Å². The van der Waals surface area contributed by atoms with Crippen molar-refractivity contribution in [3.05, 3.63) is 11.6 Å². The van der Waals surface area contributed by atoms with Crippen molar-refractivity contribution >= 4 is 0 Å². The number of hydrogen-bond acceptors (Lipinski definition) is 0. The van der Waals surface area contributed by atoms with Crippen molar-refractivity contribution in [2.45, 2.75) is 46.7 Å². The van der Waals surface area contributed by atoms with Gasteiger partial charge < -0.3 is 0 Å². The molecular weight excluding hydrogens is 139 g/mol. The van der Waals surface area contributed by atoms with Gasteiger partial charge in [-0.05, 0) is 31.3 Å². The Hall–Kier alpha value is -0.330. The maximum Gasteiger partial charge on any atom is 0.121 e. The maximum absolute atomic E-state index is 12.7. The van der Waals surface area contributed by atoms with Crippen LogP contribution in [0.15, 0.2) is 11.6 Å². The van der Waals surface area contributed by atoms with Crippen molar-refractivity contribution in [1.29, 1.82) is 0 Å². The van der Waals surface area contributed by atoms with E-state index in [1.54, 1.807) is 0 Å². The summed E-state index contributed by atoms with van der Waals surface area (Å²) in [5.74, 6) is 0.514. The molecule has 11 heavy (non-hydrogen) atoms. The third kappa shape index (κ3) is 3.04. The molecule has 0 saturated carbocycles. The van der Waals surface area contributed by atoms with Gasteiger partial charge in [0, 0.05) is 0 Å². The lowest BCUT2D eigenvalue weighted by molar-refractivity contribution is 0.350. The minimum atomic E-state index is -0.644. The van der Waals surface area contributed by atoms with Crippen LogP contribution in [-0.4, -0.2) is 6.17 Å². The lowest BCUT2D eigenvalue weighted by Crippen LogP contribution is -1.97. The molecule has 66 valence electrons. The van der Waals surface area contributed by atoms with E-state index in [-0.39, 0.29) is 0 Å². The molecule has 1 rings (SSSR count). The molecule has 0 saturated heterocycles. The van der Waals surface area contributed by atoms with E-state index in [0.717, 1.165) is 18.4 Å². The van der Waals surface area contributed by atoms with Crippen molar-refractivity contribution in [2.24, 2.45) is 5.92 Å². The molecule has 0 nitrogen and oxygen atoms in total. The van der Waals surface area contributed by atoms with E-state index >= 15 is 0 Å². The van der Waals surface area contributed by atoms with Crippen LogP contribution in [0.1, 0.15) is 40.5 Å². The lowest BCUT2D eigenvalue weighted by Gasteiger charge is -2.01. The quantitative estimate of drug-likeness (QED) is 0.510. The second kappa shape index (κ2) is 5.34. The first kappa shape index (κ1) is 10.7. The number of halogens is 1. The second-order valence-corrected chi connectivity index (χ2v) is 2.78. The van der Waals surface area contributed by atoms with Gasteiger partial charge in [0.1, 0.15) is 6.17 Å². The molecule has 0 aromatic heterocycles. The highest BCUT2D eigenvalue weighted by Gasteiger charge is 2.21. The maximum atomic E-state index is 12.7. The van der Waals surface area contributed by atoms with Crippen LogP contribution in [0.3, 0.4) is 0 Å². The summed E-state index contributed by atoms with van der Waals surface area (Å²) in [5, 5.41) is 0. The van der Waals surface area contributed by atoms with Gasteiger partial charge in [-0.1, -0.05) is 26.8 Å². The van der Waals surface area contributed by atoms with Gasteiger partial charge in [0.05, 0.1) is 0 Å². The van der Waals surface area contributed by atoms with Crippen LogP contribution in [0, 0.1) is 5.92 Å². The normalized spacial score (nSPS) is 29.0. The molecule has 0 amide bonds. The Bertz CT molecular complexity index is 127. The van der Waals surface area contributed by atoms with E-state index < -0.39 is 6.17 Å². The Morgan fingerprint density at radius 3 is 2.27 bits per heavy atom. The Kier molecular flexibility index (Phi) is 5.18. The number of rotatable bonds is 1. The molecule has 2 atom stereocenters. The topological polar surface area (TPSA) is 0 Å². The van der Waals surface area contributed by atoms with Crippen LogP contribution >= 0.6 is 0 Å². The van der Waals surface area contributed by atoms with Crippen LogP contribution in [0.4, 0.5) is 4.39 Å². The fraction of sp³-hybridized carbons (Fsp3) is 0.800. The van der Waals surface area contributed by atoms with Crippen molar-refractivity contribution in [3.8, 4) is 0 Å². The fourth-order valence-corrected chi connectivity index (χ4v) is 1.28. The minimum Gasteiger partial charge on any atom is -0.243 e.